The van der Waals surface area contributed by atoms with E-state index in [9.17, 15) is 8.42 Å². The van der Waals surface area contributed by atoms with E-state index in [0.29, 0.717) is 4.90 Å². The Hall–Kier alpha value is -0.620. The first-order valence-corrected chi connectivity index (χ1v) is 6.71. The molecule has 0 atom stereocenters. The SMILES string of the molecule is CN(C)S(=O)(=O)c1cccc2c1CCNC2.Cl. The number of sulfonamides is 1. The van der Waals surface area contributed by atoms with E-state index in [1.165, 1.54) is 4.31 Å². The molecule has 0 amide bonds. The second-order valence-electron chi connectivity index (χ2n) is 4.11. The van der Waals surface area contributed by atoms with Crippen molar-refractivity contribution < 1.29 is 8.42 Å². The summed E-state index contributed by atoms with van der Waals surface area (Å²) in [6.07, 6.45) is 0.776. The molecule has 0 spiro atoms. The fourth-order valence-corrected chi connectivity index (χ4v) is 3.12. The minimum absolute atomic E-state index is 0. The van der Waals surface area contributed by atoms with E-state index < -0.39 is 10.0 Å². The lowest BCUT2D eigenvalue weighted by Crippen LogP contribution is -2.28. The predicted octanol–water partition coefficient (Wildman–Crippen LogP) is 1.00. The number of rotatable bonds is 2. The zero-order valence-corrected chi connectivity index (χ0v) is 11.6. The number of benzene rings is 1. The Kier molecular flexibility index (Phi) is 4.55. The Morgan fingerprint density at radius 2 is 2.00 bits per heavy atom. The second-order valence-corrected chi connectivity index (χ2v) is 6.23. The van der Waals surface area contributed by atoms with Gasteiger partial charge in [-0.3, -0.25) is 0 Å². The molecule has 1 aliphatic heterocycles. The zero-order chi connectivity index (χ0) is 11.8. The van der Waals surface area contributed by atoms with Gasteiger partial charge in [0.15, 0.2) is 0 Å². The highest BCUT2D eigenvalue weighted by molar-refractivity contribution is 7.89. The van der Waals surface area contributed by atoms with Crippen molar-refractivity contribution in [3.8, 4) is 0 Å². The molecule has 96 valence electrons. The largest absolute Gasteiger partial charge is 0.312 e. The van der Waals surface area contributed by atoms with Crippen LogP contribution in [0, 0.1) is 0 Å². The minimum atomic E-state index is -3.31. The normalized spacial score (nSPS) is 15.2. The maximum atomic E-state index is 12.1. The molecule has 17 heavy (non-hydrogen) atoms. The Morgan fingerprint density at radius 1 is 1.29 bits per heavy atom. The fourth-order valence-electron chi connectivity index (χ4n) is 1.94. The van der Waals surface area contributed by atoms with Gasteiger partial charge in [-0.05, 0) is 30.2 Å². The van der Waals surface area contributed by atoms with Gasteiger partial charge in [0.1, 0.15) is 0 Å². The molecule has 1 aromatic rings. The molecule has 0 aromatic heterocycles. The van der Waals surface area contributed by atoms with Crippen LogP contribution < -0.4 is 5.32 Å². The number of fused-ring (bicyclic) bond motifs is 1. The molecular weight excluding hydrogens is 260 g/mol. The fraction of sp³-hybridized carbons (Fsp3) is 0.455. The van der Waals surface area contributed by atoms with E-state index in [2.05, 4.69) is 5.32 Å². The van der Waals surface area contributed by atoms with E-state index in [-0.39, 0.29) is 12.4 Å². The van der Waals surface area contributed by atoms with Gasteiger partial charge in [-0.2, -0.15) is 0 Å². The number of nitrogens with one attached hydrogen (secondary N) is 1. The first-order valence-electron chi connectivity index (χ1n) is 5.27. The molecule has 0 fully saturated rings. The number of hydrogen-bond acceptors (Lipinski definition) is 3. The zero-order valence-electron chi connectivity index (χ0n) is 9.93. The highest BCUT2D eigenvalue weighted by atomic mass is 35.5. The van der Waals surface area contributed by atoms with Crippen LogP contribution in [0.15, 0.2) is 23.1 Å². The van der Waals surface area contributed by atoms with Crippen LogP contribution in [0.2, 0.25) is 0 Å². The van der Waals surface area contributed by atoms with Crippen molar-refractivity contribution in [2.75, 3.05) is 20.6 Å². The van der Waals surface area contributed by atoms with Crippen LogP contribution in [0.1, 0.15) is 11.1 Å². The van der Waals surface area contributed by atoms with Crippen molar-refractivity contribution in [2.24, 2.45) is 0 Å². The summed E-state index contributed by atoms with van der Waals surface area (Å²) in [6, 6.07) is 5.48. The van der Waals surface area contributed by atoms with Crippen LogP contribution in [-0.4, -0.2) is 33.4 Å². The monoisotopic (exact) mass is 276 g/mol. The molecule has 0 unspecified atom stereocenters. The third kappa shape index (κ3) is 2.63. The van der Waals surface area contributed by atoms with Crippen LogP contribution in [0.3, 0.4) is 0 Å². The summed E-state index contributed by atoms with van der Waals surface area (Å²) < 4.78 is 25.5. The summed E-state index contributed by atoms with van der Waals surface area (Å²) >= 11 is 0. The summed E-state index contributed by atoms with van der Waals surface area (Å²) in [5.41, 5.74) is 2.06. The highest BCUT2D eigenvalue weighted by Crippen LogP contribution is 2.24. The Morgan fingerprint density at radius 3 is 2.65 bits per heavy atom. The summed E-state index contributed by atoms with van der Waals surface area (Å²) in [4.78, 5) is 0.455. The van der Waals surface area contributed by atoms with Crippen molar-refractivity contribution in [3.05, 3.63) is 29.3 Å². The van der Waals surface area contributed by atoms with Gasteiger partial charge >= 0.3 is 0 Å². The molecule has 1 heterocycles. The third-order valence-corrected chi connectivity index (χ3v) is 4.76. The Balaban J connectivity index is 0.00000144. The van der Waals surface area contributed by atoms with E-state index in [0.717, 1.165) is 30.6 Å². The quantitative estimate of drug-likeness (QED) is 0.877. The van der Waals surface area contributed by atoms with Crippen LogP contribution in [-0.2, 0) is 23.0 Å². The second kappa shape index (κ2) is 5.35. The first kappa shape index (κ1) is 14.4. The lowest BCUT2D eigenvalue weighted by Gasteiger charge is -2.21. The molecule has 4 nitrogen and oxygen atoms in total. The average molecular weight is 277 g/mol. The van der Waals surface area contributed by atoms with Gasteiger partial charge in [0, 0.05) is 20.6 Å². The van der Waals surface area contributed by atoms with Crippen molar-refractivity contribution in [1.82, 2.24) is 9.62 Å². The summed E-state index contributed by atoms with van der Waals surface area (Å²) in [5, 5.41) is 3.24. The number of nitrogens with zero attached hydrogens (tertiary/aromatic N) is 1. The van der Waals surface area contributed by atoms with E-state index >= 15 is 0 Å². The maximum absolute atomic E-state index is 12.1. The molecule has 1 aromatic carbocycles. The molecule has 0 saturated heterocycles. The number of hydrogen-bond donors (Lipinski definition) is 1. The van der Waals surface area contributed by atoms with E-state index in [4.69, 9.17) is 0 Å². The first-order chi connectivity index (χ1) is 7.53. The van der Waals surface area contributed by atoms with Gasteiger partial charge in [-0.15, -0.1) is 12.4 Å². The van der Waals surface area contributed by atoms with E-state index in [1.54, 1.807) is 20.2 Å². The molecule has 1 N–H and O–H groups in total. The van der Waals surface area contributed by atoms with Gasteiger partial charge < -0.3 is 5.32 Å². The van der Waals surface area contributed by atoms with Gasteiger partial charge in [-0.25, -0.2) is 12.7 Å². The minimum Gasteiger partial charge on any atom is -0.312 e. The lowest BCUT2D eigenvalue weighted by atomic mass is 10.0. The summed E-state index contributed by atoms with van der Waals surface area (Å²) in [6.45, 7) is 1.60. The van der Waals surface area contributed by atoms with Gasteiger partial charge in [0.05, 0.1) is 4.90 Å². The average Bonchev–Trinajstić information content (AvgIpc) is 2.28. The molecular formula is C11H17ClN2O2S. The van der Waals surface area contributed by atoms with Crippen LogP contribution >= 0.6 is 12.4 Å². The molecule has 2 rings (SSSR count). The molecule has 1 aliphatic rings. The van der Waals surface area contributed by atoms with Crippen LogP contribution in [0.4, 0.5) is 0 Å². The van der Waals surface area contributed by atoms with Crippen molar-refractivity contribution >= 4 is 22.4 Å². The van der Waals surface area contributed by atoms with Gasteiger partial charge in [-0.1, -0.05) is 12.1 Å². The van der Waals surface area contributed by atoms with Crippen LogP contribution in [0.5, 0.6) is 0 Å². The number of halogens is 1. The third-order valence-electron chi connectivity index (χ3n) is 2.86. The summed E-state index contributed by atoms with van der Waals surface area (Å²) in [7, 11) is -0.182. The van der Waals surface area contributed by atoms with Crippen LogP contribution in [0.25, 0.3) is 0 Å². The lowest BCUT2D eigenvalue weighted by molar-refractivity contribution is 0.517. The maximum Gasteiger partial charge on any atom is 0.242 e. The standard InChI is InChI=1S/C11H16N2O2S.ClH/c1-13(2)16(14,15)11-5-3-4-9-8-12-7-6-10(9)11;/h3-5,12H,6-8H2,1-2H3;1H. The van der Waals surface area contributed by atoms with Crippen molar-refractivity contribution in [3.63, 3.8) is 0 Å². The van der Waals surface area contributed by atoms with Gasteiger partial charge in [0.25, 0.3) is 0 Å². The predicted molar refractivity (Wildman–Crippen MR) is 70.0 cm³/mol. The van der Waals surface area contributed by atoms with Crippen molar-refractivity contribution in [1.29, 1.82) is 0 Å². The molecule has 0 radical (unpaired) electrons. The molecule has 6 heteroatoms. The highest BCUT2D eigenvalue weighted by Gasteiger charge is 2.23. The molecule has 0 saturated carbocycles. The molecule has 0 bridgehead atoms. The Labute approximate surface area is 108 Å². The Bertz CT molecular complexity index is 500. The topological polar surface area (TPSA) is 49.4 Å². The smallest absolute Gasteiger partial charge is 0.242 e. The van der Waals surface area contributed by atoms with Gasteiger partial charge in [0.2, 0.25) is 10.0 Å². The van der Waals surface area contributed by atoms with Crippen molar-refractivity contribution in [2.45, 2.75) is 17.9 Å². The summed E-state index contributed by atoms with van der Waals surface area (Å²) in [5.74, 6) is 0. The molecule has 0 aliphatic carbocycles. The van der Waals surface area contributed by atoms with E-state index in [1.807, 2.05) is 12.1 Å².